The predicted octanol–water partition coefficient (Wildman–Crippen LogP) is 5.76. The van der Waals surface area contributed by atoms with Crippen molar-refractivity contribution < 1.29 is 24.5 Å². The van der Waals surface area contributed by atoms with Crippen molar-refractivity contribution in [3.8, 4) is 22.6 Å². The van der Waals surface area contributed by atoms with Crippen LogP contribution in [0.5, 0.6) is 11.5 Å². The van der Waals surface area contributed by atoms with E-state index in [1.165, 1.54) is 13.2 Å². The number of benzene rings is 2. The van der Waals surface area contributed by atoms with Gasteiger partial charge in [-0.05, 0) is 65.9 Å². The van der Waals surface area contributed by atoms with Crippen molar-refractivity contribution in [1.82, 2.24) is 0 Å². The Hall–Kier alpha value is -3.38. The summed E-state index contributed by atoms with van der Waals surface area (Å²) in [7, 11) is 1.46. The monoisotopic (exact) mass is 436 g/mol. The molecule has 31 heavy (non-hydrogen) atoms. The number of ether oxygens (including phenoxy) is 1. The van der Waals surface area contributed by atoms with Gasteiger partial charge in [0, 0.05) is 17.5 Å². The van der Waals surface area contributed by atoms with Crippen LogP contribution in [-0.4, -0.2) is 29.1 Å². The fourth-order valence-corrected chi connectivity index (χ4v) is 4.04. The lowest BCUT2D eigenvalue weighted by atomic mass is 9.93. The Morgan fingerprint density at radius 1 is 1.13 bits per heavy atom. The van der Waals surface area contributed by atoms with Crippen molar-refractivity contribution >= 4 is 23.1 Å². The number of methoxy groups -OCH3 is 1. The number of hydrogen-bond acceptors (Lipinski definition) is 5. The molecule has 0 unspecified atom stereocenters. The molecule has 0 atom stereocenters. The largest absolute Gasteiger partial charge is 0.507 e. The van der Waals surface area contributed by atoms with Crippen LogP contribution in [0, 0.1) is 0 Å². The molecule has 0 saturated carbocycles. The number of ketones is 1. The fraction of sp³-hybridized carbons (Fsp3) is 0.200. The number of thiophene rings is 1. The van der Waals surface area contributed by atoms with Crippen molar-refractivity contribution in [3.63, 3.8) is 0 Å². The number of rotatable bonds is 8. The third-order valence-corrected chi connectivity index (χ3v) is 5.67. The lowest BCUT2D eigenvalue weighted by Crippen LogP contribution is -2.11. The molecule has 0 radical (unpaired) electrons. The number of Topliss-reactive ketones (excluding diaryl/α,β-unsaturated/α-hetero) is 1. The van der Waals surface area contributed by atoms with Crippen molar-refractivity contribution in [3.05, 3.63) is 81.1 Å². The van der Waals surface area contributed by atoms with Gasteiger partial charge in [0.25, 0.3) is 0 Å². The third kappa shape index (κ3) is 5.03. The van der Waals surface area contributed by atoms with E-state index in [-0.39, 0.29) is 29.1 Å². The zero-order valence-corrected chi connectivity index (χ0v) is 18.5. The first-order valence-corrected chi connectivity index (χ1v) is 10.7. The van der Waals surface area contributed by atoms with Crippen molar-refractivity contribution in [2.75, 3.05) is 7.11 Å². The van der Waals surface area contributed by atoms with Crippen LogP contribution in [0.4, 0.5) is 0 Å². The Labute approximate surface area is 185 Å². The first-order chi connectivity index (χ1) is 14.8. The molecule has 0 bridgehead atoms. The molecule has 0 saturated heterocycles. The maximum absolute atomic E-state index is 13.0. The van der Waals surface area contributed by atoms with E-state index in [1.807, 2.05) is 42.8 Å². The van der Waals surface area contributed by atoms with Gasteiger partial charge in [-0.1, -0.05) is 29.8 Å². The molecule has 3 rings (SSSR count). The zero-order valence-electron chi connectivity index (χ0n) is 17.6. The highest BCUT2D eigenvalue weighted by atomic mass is 32.1. The molecule has 2 aromatic carbocycles. The average Bonchev–Trinajstić information content (AvgIpc) is 3.27. The molecule has 6 heteroatoms. The van der Waals surface area contributed by atoms with Gasteiger partial charge in [0.05, 0.1) is 7.11 Å². The summed E-state index contributed by atoms with van der Waals surface area (Å²) in [6, 6.07) is 10.8. The molecule has 160 valence electrons. The Balaban J connectivity index is 2.00. The summed E-state index contributed by atoms with van der Waals surface area (Å²) >= 11 is 1.57. The molecule has 5 nitrogen and oxygen atoms in total. The molecule has 3 aromatic rings. The van der Waals surface area contributed by atoms with Gasteiger partial charge in [-0.15, -0.1) is 0 Å². The van der Waals surface area contributed by atoms with E-state index in [0.717, 1.165) is 16.7 Å². The summed E-state index contributed by atoms with van der Waals surface area (Å²) < 4.78 is 5.40. The molecule has 0 fully saturated rings. The van der Waals surface area contributed by atoms with Crippen molar-refractivity contribution in [2.45, 2.75) is 26.7 Å². The minimum absolute atomic E-state index is 0.165. The molecular formula is C25H24O5S. The van der Waals surface area contributed by atoms with Crippen LogP contribution >= 0.6 is 11.3 Å². The Kier molecular flexibility index (Phi) is 6.92. The SMILES string of the molecule is COc1cc(CC(=O)c2cccc(-c3ccsc3)c2)c(C(=O)O)c(O)c1CC=C(C)C. The highest BCUT2D eigenvalue weighted by molar-refractivity contribution is 7.08. The molecule has 1 aromatic heterocycles. The first-order valence-electron chi connectivity index (χ1n) is 9.76. The Bertz CT molecular complexity index is 1140. The summed E-state index contributed by atoms with van der Waals surface area (Å²) in [5.41, 5.74) is 3.79. The predicted molar refractivity (Wildman–Crippen MR) is 123 cm³/mol. The summed E-state index contributed by atoms with van der Waals surface area (Å²) in [6.45, 7) is 3.83. The fourth-order valence-electron chi connectivity index (χ4n) is 3.38. The molecule has 0 spiro atoms. The lowest BCUT2D eigenvalue weighted by molar-refractivity contribution is 0.0692. The number of carboxylic acids is 1. The topological polar surface area (TPSA) is 83.8 Å². The summed E-state index contributed by atoms with van der Waals surface area (Å²) in [5, 5.41) is 24.4. The third-order valence-electron chi connectivity index (χ3n) is 4.98. The van der Waals surface area contributed by atoms with E-state index in [9.17, 15) is 19.8 Å². The molecule has 2 N–H and O–H groups in total. The average molecular weight is 437 g/mol. The molecule has 1 heterocycles. The lowest BCUT2D eigenvalue weighted by Gasteiger charge is -2.16. The Morgan fingerprint density at radius 3 is 2.52 bits per heavy atom. The number of carbonyl (C=O) groups excluding carboxylic acids is 1. The van der Waals surface area contributed by atoms with E-state index < -0.39 is 5.97 Å². The number of aromatic hydroxyl groups is 1. The van der Waals surface area contributed by atoms with Gasteiger partial charge in [0.2, 0.25) is 0 Å². The smallest absolute Gasteiger partial charge is 0.339 e. The second-order valence-corrected chi connectivity index (χ2v) is 8.20. The van der Waals surface area contributed by atoms with E-state index in [0.29, 0.717) is 23.3 Å². The van der Waals surface area contributed by atoms with Gasteiger partial charge in [0.15, 0.2) is 5.78 Å². The van der Waals surface area contributed by atoms with Crippen LogP contribution in [-0.2, 0) is 12.8 Å². The zero-order chi connectivity index (χ0) is 22.5. The van der Waals surface area contributed by atoms with Crippen molar-refractivity contribution in [2.24, 2.45) is 0 Å². The summed E-state index contributed by atoms with van der Waals surface area (Å²) in [4.78, 5) is 24.9. The number of hydrogen-bond donors (Lipinski definition) is 2. The van der Waals surface area contributed by atoms with E-state index in [2.05, 4.69) is 0 Å². The highest BCUT2D eigenvalue weighted by Crippen LogP contribution is 2.36. The number of carboxylic acid groups (broad SMARTS) is 1. The number of aromatic carboxylic acids is 1. The standard InChI is InChI=1S/C25H24O5S/c1-15(2)7-8-20-22(30-3)13-19(23(24(20)27)25(28)29)12-21(26)17-6-4-5-16(11-17)18-9-10-31-14-18/h4-7,9-11,13-14,27H,8,12H2,1-3H3,(H,28,29). The van der Waals surface area contributed by atoms with Crippen molar-refractivity contribution in [1.29, 1.82) is 0 Å². The summed E-state index contributed by atoms with van der Waals surface area (Å²) in [6.07, 6.45) is 2.04. The number of phenols is 1. The molecule has 0 aliphatic carbocycles. The quantitative estimate of drug-likeness (QED) is 0.346. The second-order valence-electron chi connectivity index (χ2n) is 7.42. The van der Waals surface area contributed by atoms with Gasteiger partial charge in [0.1, 0.15) is 17.1 Å². The molecule has 0 amide bonds. The minimum atomic E-state index is -1.28. The summed E-state index contributed by atoms with van der Waals surface area (Å²) in [5.74, 6) is -1.53. The molecular weight excluding hydrogens is 412 g/mol. The Morgan fingerprint density at radius 2 is 1.90 bits per heavy atom. The first kappa shape index (κ1) is 22.3. The van der Waals surface area contributed by atoms with Gasteiger partial charge >= 0.3 is 5.97 Å². The van der Waals surface area contributed by atoms with Crippen LogP contribution in [0.15, 0.2) is 58.8 Å². The minimum Gasteiger partial charge on any atom is -0.507 e. The van der Waals surface area contributed by atoms with Crippen LogP contribution in [0.2, 0.25) is 0 Å². The van der Waals surface area contributed by atoms with E-state index in [1.54, 1.807) is 29.5 Å². The second kappa shape index (κ2) is 9.62. The van der Waals surface area contributed by atoms with Gasteiger partial charge < -0.3 is 14.9 Å². The normalized spacial score (nSPS) is 10.5. The highest BCUT2D eigenvalue weighted by Gasteiger charge is 2.24. The van der Waals surface area contributed by atoms with Gasteiger partial charge in [-0.3, -0.25) is 4.79 Å². The number of carbonyl (C=O) groups is 2. The maximum Gasteiger partial charge on any atom is 0.339 e. The van der Waals surface area contributed by atoms with E-state index in [4.69, 9.17) is 4.74 Å². The molecule has 0 aliphatic heterocycles. The molecule has 0 aliphatic rings. The van der Waals surface area contributed by atoms with Crippen LogP contribution in [0.1, 0.15) is 45.7 Å². The van der Waals surface area contributed by atoms with Gasteiger partial charge in [-0.25, -0.2) is 4.79 Å². The van der Waals surface area contributed by atoms with Gasteiger partial charge in [-0.2, -0.15) is 11.3 Å². The van der Waals surface area contributed by atoms with E-state index >= 15 is 0 Å². The number of allylic oxidation sites excluding steroid dienone is 2. The van der Waals surface area contributed by atoms with Crippen LogP contribution < -0.4 is 4.74 Å². The maximum atomic E-state index is 13.0. The van der Waals surface area contributed by atoms with Crippen LogP contribution in [0.3, 0.4) is 0 Å². The van der Waals surface area contributed by atoms with Crippen LogP contribution in [0.25, 0.3) is 11.1 Å².